The van der Waals surface area contributed by atoms with Crippen LogP contribution in [0.2, 0.25) is 10.0 Å². The number of likely N-dealkylation sites (N-methyl/N-ethyl adjacent to an activating group) is 1. The topological polar surface area (TPSA) is 21.3 Å². The molecule has 0 saturated heterocycles. The van der Waals surface area contributed by atoms with E-state index in [1.165, 1.54) is 0 Å². The number of ether oxygens (including phenoxy) is 1. The molecule has 0 amide bonds. The van der Waals surface area contributed by atoms with E-state index in [4.69, 9.17) is 27.9 Å². The molecule has 4 heteroatoms. The Hall–Kier alpha value is -0.280. The molecule has 17 heavy (non-hydrogen) atoms. The lowest BCUT2D eigenvalue weighted by molar-refractivity contribution is 0.189. The lowest BCUT2D eigenvalue weighted by Crippen LogP contribution is -2.28. The Morgan fingerprint density at radius 3 is 2.76 bits per heavy atom. The first-order chi connectivity index (χ1) is 8.19. The second kappa shape index (κ2) is 7.93. The zero-order valence-corrected chi connectivity index (χ0v) is 11.8. The van der Waals surface area contributed by atoms with Crippen LogP contribution in [0.5, 0.6) is 0 Å². The third kappa shape index (κ3) is 4.84. The fourth-order valence-corrected chi connectivity index (χ4v) is 2.19. The molecule has 0 radical (unpaired) electrons. The Labute approximate surface area is 113 Å². The second-order valence-corrected chi connectivity index (χ2v) is 4.82. The fraction of sp³-hybridized carbons (Fsp3) is 0.538. The molecule has 1 aromatic rings. The first-order valence-electron chi connectivity index (χ1n) is 5.78. The highest BCUT2D eigenvalue weighted by Crippen LogP contribution is 2.26. The molecule has 0 aromatic heterocycles. The van der Waals surface area contributed by atoms with E-state index in [1.54, 1.807) is 7.11 Å². The number of benzene rings is 1. The monoisotopic (exact) mass is 275 g/mol. The second-order valence-electron chi connectivity index (χ2n) is 4.04. The van der Waals surface area contributed by atoms with Crippen LogP contribution in [0.1, 0.15) is 18.4 Å². The smallest absolute Gasteiger partial charge is 0.0624 e. The number of nitrogens with one attached hydrogen (secondary N) is 1. The van der Waals surface area contributed by atoms with Crippen LogP contribution in [0.4, 0.5) is 0 Å². The minimum Gasteiger partial charge on any atom is -0.385 e. The Morgan fingerprint density at radius 1 is 1.35 bits per heavy atom. The SMILES string of the molecule is CNC(CCCOC)Cc1cccc(Cl)c1Cl. The van der Waals surface area contributed by atoms with Gasteiger partial charge in [0.15, 0.2) is 0 Å². The average molecular weight is 276 g/mol. The van der Waals surface area contributed by atoms with Crippen molar-refractivity contribution in [2.75, 3.05) is 20.8 Å². The molecule has 0 spiro atoms. The predicted octanol–water partition coefficient (Wildman–Crippen LogP) is 3.55. The van der Waals surface area contributed by atoms with Crippen molar-refractivity contribution < 1.29 is 4.74 Å². The van der Waals surface area contributed by atoms with E-state index in [-0.39, 0.29) is 0 Å². The number of methoxy groups -OCH3 is 1. The van der Waals surface area contributed by atoms with E-state index in [2.05, 4.69) is 5.32 Å². The van der Waals surface area contributed by atoms with E-state index in [9.17, 15) is 0 Å². The van der Waals surface area contributed by atoms with Gasteiger partial charge in [0.25, 0.3) is 0 Å². The molecule has 0 saturated carbocycles. The largest absolute Gasteiger partial charge is 0.385 e. The van der Waals surface area contributed by atoms with Gasteiger partial charge in [-0.25, -0.2) is 0 Å². The molecule has 1 unspecified atom stereocenters. The molecule has 0 aliphatic rings. The van der Waals surface area contributed by atoms with Crippen LogP contribution in [-0.2, 0) is 11.2 Å². The van der Waals surface area contributed by atoms with Gasteiger partial charge in [0.2, 0.25) is 0 Å². The van der Waals surface area contributed by atoms with Gasteiger partial charge in [-0.3, -0.25) is 0 Å². The van der Waals surface area contributed by atoms with Gasteiger partial charge in [-0.15, -0.1) is 0 Å². The highest BCUT2D eigenvalue weighted by molar-refractivity contribution is 6.42. The number of hydrogen-bond donors (Lipinski definition) is 1. The van der Waals surface area contributed by atoms with Crippen LogP contribution >= 0.6 is 23.2 Å². The van der Waals surface area contributed by atoms with Crippen LogP contribution in [-0.4, -0.2) is 26.8 Å². The van der Waals surface area contributed by atoms with Gasteiger partial charge in [0.05, 0.1) is 10.0 Å². The molecular formula is C13H19Cl2NO. The van der Waals surface area contributed by atoms with Gasteiger partial charge in [-0.1, -0.05) is 35.3 Å². The van der Waals surface area contributed by atoms with Crippen molar-refractivity contribution in [1.29, 1.82) is 0 Å². The summed E-state index contributed by atoms with van der Waals surface area (Å²) in [6.07, 6.45) is 2.99. The molecule has 0 aliphatic carbocycles. The van der Waals surface area contributed by atoms with Crippen LogP contribution in [0, 0.1) is 0 Å². The van der Waals surface area contributed by atoms with E-state index >= 15 is 0 Å². The third-order valence-electron chi connectivity index (χ3n) is 2.81. The number of halogens is 2. The van der Waals surface area contributed by atoms with E-state index in [0.717, 1.165) is 31.4 Å². The molecule has 1 aromatic carbocycles. The molecule has 0 heterocycles. The van der Waals surface area contributed by atoms with Crippen molar-refractivity contribution in [2.45, 2.75) is 25.3 Å². The van der Waals surface area contributed by atoms with Crippen molar-refractivity contribution in [3.05, 3.63) is 33.8 Å². The predicted molar refractivity (Wildman–Crippen MR) is 74.1 cm³/mol. The summed E-state index contributed by atoms with van der Waals surface area (Å²) in [6.45, 7) is 0.793. The van der Waals surface area contributed by atoms with Gasteiger partial charge < -0.3 is 10.1 Å². The maximum absolute atomic E-state index is 6.17. The summed E-state index contributed by atoms with van der Waals surface area (Å²) in [5.74, 6) is 0. The van der Waals surface area contributed by atoms with E-state index < -0.39 is 0 Å². The summed E-state index contributed by atoms with van der Waals surface area (Å²) in [7, 11) is 3.69. The van der Waals surface area contributed by atoms with Crippen LogP contribution in [0.25, 0.3) is 0 Å². The highest BCUT2D eigenvalue weighted by Gasteiger charge is 2.11. The lowest BCUT2D eigenvalue weighted by atomic mass is 10.0. The summed E-state index contributed by atoms with van der Waals surface area (Å²) < 4.78 is 5.05. The molecule has 0 fully saturated rings. The first-order valence-corrected chi connectivity index (χ1v) is 6.53. The quantitative estimate of drug-likeness (QED) is 0.769. The molecular weight excluding hydrogens is 257 g/mol. The molecule has 2 nitrogen and oxygen atoms in total. The summed E-state index contributed by atoms with van der Waals surface area (Å²) >= 11 is 12.2. The average Bonchev–Trinajstić information content (AvgIpc) is 2.33. The Bertz CT molecular complexity index is 344. The Morgan fingerprint density at radius 2 is 2.12 bits per heavy atom. The molecule has 96 valence electrons. The maximum Gasteiger partial charge on any atom is 0.0624 e. The molecule has 0 aliphatic heterocycles. The van der Waals surface area contributed by atoms with Crippen LogP contribution in [0.15, 0.2) is 18.2 Å². The maximum atomic E-state index is 6.17. The van der Waals surface area contributed by atoms with Crippen molar-refractivity contribution >= 4 is 23.2 Å². The third-order valence-corrected chi connectivity index (χ3v) is 3.67. The van der Waals surface area contributed by atoms with Crippen LogP contribution in [0.3, 0.4) is 0 Å². The van der Waals surface area contributed by atoms with E-state index in [1.807, 2.05) is 25.2 Å². The standard InChI is InChI=1S/C13H19Cl2NO/c1-16-11(6-4-8-17-2)9-10-5-3-7-12(14)13(10)15/h3,5,7,11,16H,4,6,8-9H2,1-2H3. The summed E-state index contributed by atoms with van der Waals surface area (Å²) in [5, 5.41) is 4.59. The van der Waals surface area contributed by atoms with Gasteiger partial charge in [0, 0.05) is 19.8 Å². The highest BCUT2D eigenvalue weighted by atomic mass is 35.5. The zero-order valence-electron chi connectivity index (χ0n) is 10.3. The minimum absolute atomic E-state index is 0.404. The molecule has 1 atom stereocenters. The lowest BCUT2D eigenvalue weighted by Gasteiger charge is -2.17. The summed E-state index contributed by atoms with van der Waals surface area (Å²) in [4.78, 5) is 0. The summed E-state index contributed by atoms with van der Waals surface area (Å²) in [5.41, 5.74) is 1.09. The number of hydrogen-bond acceptors (Lipinski definition) is 2. The molecule has 0 bridgehead atoms. The zero-order chi connectivity index (χ0) is 12.7. The first kappa shape index (κ1) is 14.8. The Kier molecular flexibility index (Phi) is 6.90. The Balaban J connectivity index is 2.57. The molecule has 1 N–H and O–H groups in total. The van der Waals surface area contributed by atoms with E-state index in [0.29, 0.717) is 16.1 Å². The van der Waals surface area contributed by atoms with Crippen molar-refractivity contribution in [1.82, 2.24) is 5.32 Å². The fourth-order valence-electron chi connectivity index (χ4n) is 1.79. The minimum atomic E-state index is 0.404. The normalized spacial score (nSPS) is 12.7. The number of rotatable bonds is 7. The van der Waals surface area contributed by atoms with Gasteiger partial charge in [0.1, 0.15) is 0 Å². The van der Waals surface area contributed by atoms with Crippen molar-refractivity contribution in [3.8, 4) is 0 Å². The van der Waals surface area contributed by atoms with Crippen molar-refractivity contribution in [3.63, 3.8) is 0 Å². The van der Waals surface area contributed by atoms with Gasteiger partial charge in [-0.2, -0.15) is 0 Å². The molecule has 1 rings (SSSR count). The van der Waals surface area contributed by atoms with Gasteiger partial charge >= 0.3 is 0 Å². The van der Waals surface area contributed by atoms with Crippen molar-refractivity contribution in [2.24, 2.45) is 0 Å². The summed E-state index contributed by atoms with van der Waals surface area (Å²) in [6, 6.07) is 6.17. The van der Waals surface area contributed by atoms with Crippen LogP contribution < -0.4 is 5.32 Å². The van der Waals surface area contributed by atoms with Gasteiger partial charge in [-0.05, 0) is 37.9 Å².